The third-order valence-corrected chi connectivity index (χ3v) is 13.0. The van der Waals surface area contributed by atoms with Gasteiger partial charge in [0.2, 0.25) is 0 Å². The van der Waals surface area contributed by atoms with Gasteiger partial charge >= 0.3 is 0 Å². The van der Waals surface area contributed by atoms with Gasteiger partial charge in [0.05, 0.1) is 12.5 Å². The molecule has 0 amide bonds. The molecule has 2 heterocycles. The summed E-state index contributed by atoms with van der Waals surface area (Å²) in [7, 11) is 3.57. The van der Waals surface area contributed by atoms with Crippen molar-refractivity contribution >= 4 is 5.78 Å². The molecule has 5 nitrogen and oxygen atoms in total. The second kappa shape index (κ2) is 8.73. The molecule has 0 N–H and O–H groups in total. The van der Waals surface area contributed by atoms with Crippen molar-refractivity contribution in [2.75, 3.05) is 27.3 Å². The minimum absolute atomic E-state index is 0.0515. The van der Waals surface area contributed by atoms with E-state index in [1.165, 1.54) is 30.5 Å². The highest BCUT2D eigenvalue weighted by atomic mass is 16.6. The summed E-state index contributed by atoms with van der Waals surface area (Å²) < 4.78 is 19.8. The van der Waals surface area contributed by atoms with E-state index in [4.69, 9.17) is 14.2 Å². The fraction of sp³-hybridized carbons (Fsp3) is 0.500. The van der Waals surface area contributed by atoms with E-state index in [0.29, 0.717) is 6.04 Å². The average Bonchev–Trinajstić information content (AvgIpc) is 3.79. The summed E-state index contributed by atoms with van der Waals surface area (Å²) in [6, 6.07) is 23.4. The molecule has 0 radical (unpaired) electrons. The van der Waals surface area contributed by atoms with Crippen LogP contribution in [0.4, 0.5) is 0 Å². The number of ether oxygens (including phenoxy) is 3. The molecule has 0 unspecified atom stereocenters. The summed E-state index contributed by atoms with van der Waals surface area (Å²) in [6.07, 6.45) is 7.29. The van der Waals surface area contributed by atoms with Crippen LogP contribution in [-0.4, -0.2) is 55.7 Å². The maximum absolute atomic E-state index is 15.0. The van der Waals surface area contributed by atoms with Gasteiger partial charge in [0.1, 0.15) is 11.7 Å². The number of carbonyl (C=O) groups is 1. The van der Waals surface area contributed by atoms with Gasteiger partial charge in [-0.05, 0) is 87.1 Å². The molecular formula is C38H41NO4. The molecule has 1 saturated heterocycles. The molecular weight excluding hydrogens is 534 g/mol. The van der Waals surface area contributed by atoms with E-state index >= 15 is 0 Å². The van der Waals surface area contributed by atoms with Gasteiger partial charge in [0, 0.05) is 41.7 Å². The number of hydrogen-bond donors (Lipinski definition) is 0. The van der Waals surface area contributed by atoms with Crippen LogP contribution in [0.15, 0.2) is 66.7 Å². The van der Waals surface area contributed by atoms with Gasteiger partial charge in [-0.15, -0.1) is 0 Å². The SMILES string of the molecule is COc1ccc2c3c1O[C@H]1[C@@]4(OC)CC[C@@]5(C[C@]4(C)C(=O)c4ccc(-c6ccccc6)cc4)[C@@H](C2)N(CC2CC2)CC[C@]315. The van der Waals surface area contributed by atoms with Crippen LogP contribution in [0.3, 0.4) is 0 Å². The number of rotatable bonds is 7. The van der Waals surface area contributed by atoms with E-state index in [9.17, 15) is 4.79 Å². The number of Topliss-reactive ketones (excluding diaryl/α,β-unsaturated/α-hetero) is 1. The lowest BCUT2D eigenvalue weighted by atomic mass is 9.31. The lowest BCUT2D eigenvalue weighted by Gasteiger charge is -2.76. The Morgan fingerprint density at radius 1 is 0.953 bits per heavy atom. The molecule has 7 aliphatic rings. The van der Waals surface area contributed by atoms with Crippen molar-refractivity contribution in [3.8, 4) is 22.6 Å². The molecule has 3 aromatic rings. The third kappa shape index (κ3) is 3.08. The Bertz CT molecular complexity index is 1630. The van der Waals surface area contributed by atoms with Gasteiger partial charge in [0.15, 0.2) is 17.3 Å². The quantitative estimate of drug-likeness (QED) is 0.288. The van der Waals surface area contributed by atoms with E-state index in [-0.39, 0.29) is 22.7 Å². The number of hydrogen-bond acceptors (Lipinski definition) is 5. The number of ketones is 1. The largest absolute Gasteiger partial charge is 0.493 e. The first-order valence-electron chi connectivity index (χ1n) is 16.3. The van der Waals surface area contributed by atoms with E-state index in [1.54, 1.807) is 7.11 Å². The molecule has 222 valence electrons. The molecule has 5 aliphatic carbocycles. The van der Waals surface area contributed by atoms with Crippen molar-refractivity contribution in [3.63, 3.8) is 0 Å². The van der Waals surface area contributed by atoms with Crippen molar-refractivity contribution in [3.05, 3.63) is 83.4 Å². The van der Waals surface area contributed by atoms with E-state index in [2.05, 4.69) is 60.4 Å². The zero-order chi connectivity index (χ0) is 29.2. The first kappa shape index (κ1) is 26.3. The van der Waals surface area contributed by atoms with Gasteiger partial charge in [-0.2, -0.15) is 0 Å². The predicted molar refractivity (Wildman–Crippen MR) is 166 cm³/mol. The van der Waals surface area contributed by atoms with Crippen LogP contribution >= 0.6 is 0 Å². The van der Waals surface area contributed by atoms with Crippen molar-refractivity contribution in [2.24, 2.45) is 16.7 Å². The Morgan fingerprint density at radius 2 is 1.72 bits per heavy atom. The predicted octanol–water partition coefficient (Wildman–Crippen LogP) is 6.86. The Morgan fingerprint density at radius 3 is 2.44 bits per heavy atom. The summed E-state index contributed by atoms with van der Waals surface area (Å²) in [5.74, 6) is 2.74. The third-order valence-electron chi connectivity index (χ3n) is 13.0. The average molecular weight is 576 g/mol. The second-order valence-corrected chi connectivity index (χ2v) is 14.5. The molecule has 2 aliphatic heterocycles. The topological polar surface area (TPSA) is 48.0 Å². The van der Waals surface area contributed by atoms with Crippen LogP contribution in [0.1, 0.15) is 66.9 Å². The molecule has 4 bridgehead atoms. The summed E-state index contributed by atoms with van der Waals surface area (Å²) >= 11 is 0. The molecule has 10 rings (SSSR count). The van der Waals surface area contributed by atoms with E-state index in [1.807, 2.05) is 25.3 Å². The normalized spacial score (nSPS) is 36.6. The van der Waals surface area contributed by atoms with Crippen molar-refractivity contribution in [2.45, 2.75) is 75.0 Å². The van der Waals surface area contributed by atoms with Gasteiger partial charge in [-0.1, -0.05) is 60.7 Å². The van der Waals surface area contributed by atoms with Gasteiger partial charge in [-0.3, -0.25) is 9.69 Å². The number of methoxy groups -OCH3 is 2. The zero-order valence-electron chi connectivity index (χ0n) is 25.5. The highest BCUT2D eigenvalue weighted by Gasteiger charge is 2.84. The van der Waals surface area contributed by atoms with Crippen LogP contribution in [0.25, 0.3) is 11.1 Å². The molecule has 3 aromatic carbocycles. The number of piperidine rings is 1. The maximum atomic E-state index is 15.0. The number of nitrogens with zero attached hydrogens (tertiary/aromatic N) is 1. The fourth-order valence-electron chi connectivity index (χ4n) is 11.0. The Labute approximate surface area is 254 Å². The summed E-state index contributed by atoms with van der Waals surface area (Å²) in [5, 5.41) is 0. The van der Waals surface area contributed by atoms with Crippen molar-refractivity contribution in [1.82, 2.24) is 4.90 Å². The zero-order valence-corrected chi connectivity index (χ0v) is 25.5. The van der Waals surface area contributed by atoms with Crippen LogP contribution in [0, 0.1) is 16.7 Å². The van der Waals surface area contributed by atoms with Crippen molar-refractivity contribution < 1.29 is 19.0 Å². The second-order valence-electron chi connectivity index (χ2n) is 14.5. The fourth-order valence-corrected chi connectivity index (χ4v) is 11.0. The van der Waals surface area contributed by atoms with Crippen molar-refractivity contribution in [1.29, 1.82) is 0 Å². The molecule has 0 aromatic heterocycles. The highest BCUT2D eigenvalue weighted by Crippen LogP contribution is 2.79. The monoisotopic (exact) mass is 575 g/mol. The Kier molecular flexibility index (Phi) is 5.33. The standard InChI is InChI=1S/C38H41NO4/c1-35(33(40)27-13-11-26(12-14-27)25-7-5-4-6-8-25)23-36-17-18-38(35,42-3)34-37(36)19-20-39(22-24-9-10-24)30(36)21-28-15-16-29(41-2)32(43-34)31(28)37/h4-8,11-16,24,30,34H,9-10,17-23H2,1-3H3/t30-,34-,35-,36-,37+,38+/m1/s1. The van der Waals surface area contributed by atoms with Crippen LogP contribution in [-0.2, 0) is 16.6 Å². The number of fused-ring (bicyclic) bond motifs is 2. The summed E-state index contributed by atoms with van der Waals surface area (Å²) in [6.45, 7) is 4.48. The van der Waals surface area contributed by atoms with Crippen LogP contribution in [0.5, 0.6) is 11.5 Å². The lowest BCUT2D eigenvalue weighted by molar-refractivity contribution is -0.292. The molecule has 4 saturated carbocycles. The number of carbonyl (C=O) groups excluding carboxylic acids is 1. The number of benzene rings is 3. The smallest absolute Gasteiger partial charge is 0.171 e. The minimum Gasteiger partial charge on any atom is -0.493 e. The first-order valence-corrected chi connectivity index (χ1v) is 16.3. The van der Waals surface area contributed by atoms with Crippen LogP contribution in [0.2, 0.25) is 0 Å². The van der Waals surface area contributed by atoms with E-state index < -0.39 is 11.0 Å². The van der Waals surface area contributed by atoms with E-state index in [0.717, 1.165) is 72.8 Å². The molecule has 5 heteroatoms. The highest BCUT2D eigenvalue weighted by molar-refractivity contribution is 6.02. The summed E-state index contributed by atoms with van der Waals surface area (Å²) in [5.41, 5.74) is 4.16. The maximum Gasteiger partial charge on any atom is 0.171 e. The van der Waals surface area contributed by atoms with Gasteiger partial charge < -0.3 is 14.2 Å². The molecule has 43 heavy (non-hydrogen) atoms. The first-order chi connectivity index (χ1) is 20.9. The minimum atomic E-state index is -0.730. The summed E-state index contributed by atoms with van der Waals surface area (Å²) in [4.78, 5) is 17.8. The van der Waals surface area contributed by atoms with Gasteiger partial charge in [0.25, 0.3) is 0 Å². The van der Waals surface area contributed by atoms with Crippen LogP contribution < -0.4 is 9.47 Å². The molecule has 2 spiro atoms. The van der Waals surface area contributed by atoms with Gasteiger partial charge in [-0.25, -0.2) is 0 Å². The lowest BCUT2D eigenvalue weighted by Crippen LogP contribution is -2.84. The molecule has 6 atom stereocenters. The Hall–Kier alpha value is -3.15. The number of likely N-dealkylation sites (tertiary alicyclic amines) is 1. The Balaban J connectivity index is 1.20. The molecule has 5 fully saturated rings.